The third-order valence-corrected chi connectivity index (χ3v) is 4.01. The molecule has 0 aliphatic heterocycles. The number of benzene rings is 1. The van der Waals surface area contributed by atoms with E-state index >= 15 is 0 Å². The van der Waals surface area contributed by atoms with Gasteiger partial charge in [0.15, 0.2) is 11.5 Å². The highest BCUT2D eigenvalue weighted by atomic mass is 16.5. The molecule has 152 valence electrons. The van der Waals surface area contributed by atoms with Crippen molar-refractivity contribution in [2.75, 3.05) is 41.4 Å². The van der Waals surface area contributed by atoms with Gasteiger partial charge >= 0.3 is 0 Å². The molecule has 0 unspecified atom stereocenters. The van der Waals surface area contributed by atoms with E-state index in [0.29, 0.717) is 35.9 Å². The fourth-order valence-electron chi connectivity index (χ4n) is 2.41. The summed E-state index contributed by atoms with van der Waals surface area (Å²) in [5, 5.41) is 9.17. The number of nitrogens with one attached hydrogen (secondary N) is 2. The van der Waals surface area contributed by atoms with Crippen LogP contribution in [-0.2, 0) is 4.79 Å². The van der Waals surface area contributed by atoms with Gasteiger partial charge in [-0.25, -0.2) is 0 Å². The van der Waals surface area contributed by atoms with Gasteiger partial charge in [-0.05, 0) is 39.2 Å². The van der Waals surface area contributed by atoms with Gasteiger partial charge in [-0.1, -0.05) is 5.16 Å². The topological polar surface area (TPSA) is 106 Å². The minimum atomic E-state index is -0.707. The van der Waals surface area contributed by atoms with Crippen LogP contribution in [0.5, 0.6) is 11.5 Å². The molecule has 1 aromatic heterocycles. The molecule has 0 spiro atoms. The lowest BCUT2D eigenvalue weighted by atomic mass is 10.1. The number of methoxy groups -OCH3 is 2. The molecule has 9 heteroatoms. The molecule has 1 atom stereocenters. The van der Waals surface area contributed by atoms with Gasteiger partial charge in [0.05, 0.1) is 19.8 Å². The third-order valence-electron chi connectivity index (χ3n) is 4.01. The summed E-state index contributed by atoms with van der Waals surface area (Å²) in [6.45, 7) is 2.81. The molecular weight excluding hydrogens is 364 g/mol. The second-order valence-electron chi connectivity index (χ2n) is 6.43. The molecule has 0 aliphatic carbocycles. The second kappa shape index (κ2) is 9.75. The van der Waals surface area contributed by atoms with Gasteiger partial charge in [-0.2, -0.15) is 0 Å². The summed E-state index contributed by atoms with van der Waals surface area (Å²) in [6.07, 6.45) is 0. The Hall–Kier alpha value is -3.07. The van der Waals surface area contributed by atoms with Crippen LogP contribution >= 0.6 is 0 Å². The maximum atomic E-state index is 12.4. The summed E-state index contributed by atoms with van der Waals surface area (Å²) in [4.78, 5) is 26.4. The SMILES string of the molecule is COc1ccc(OC)c(-c2cc(C(=O)N[C@@H](C)C(=O)NCCN(C)C)no2)c1. The Labute approximate surface area is 164 Å². The van der Waals surface area contributed by atoms with Crippen molar-refractivity contribution in [1.29, 1.82) is 0 Å². The number of hydrogen-bond donors (Lipinski definition) is 2. The van der Waals surface area contributed by atoms with Crippen LogP contribution < -0.4 is 20.1 Å². The summed E-state index contributed by atoms with van der Waals surface area (Å²) in [5.74, 6) is 0.739. The Balaban J connectivity index is 2.05. The van der Waals surface area contributed by atoms with Crippen LogP contribution in [0.15, 0.2) is 28.8 Å². The van der Waals surface area contributed by atoms with E-state index in [1.54, 1.807) is 32.2 Å². The Morgan fingerprint density at radius 2 is 1.96 bits per heavy atom. The van der Waals surface area contributed by atoms with E-state index < -0.39 is 11.9 Å². The van der Waals surface area contributed by atoms with Gasteiger partial charge in [-0.15, -0.1) is 0 Å². The van der Waals surface area contributed by atoms with Crippen molar-refractivity contribution in [3.63, 3.8) is 0 Å². The molecule has 1 aromatic carbocycles. The molecule has 0 aliphatic rings. The molecular formula is C19H26N4O5. The maximum Gasteiger partial charge on any atom is 0.274 e. The third kappa shape index (κ3) is 5.46. The standard InChI is InChI=1S/C19H26N4O5/c1-12(18(24)20-8-9-23(2)3)21-19(25)15-11-17(28-22-15)14-10-13(26-4)6-7-16(14)27-5/h6-7,10-12H,8-9H2,1-5H3,(H,20,24)(H,21,25)/t12-/m0/s1. The van der Waals surface area contributed by atoms with Crippen molar-refractivity contribution in [2.45, 2.75) is 13.0 Å². The van der Waals surface area contributed by atoms with Crippen LogP contribution in [0.2, 0.25) is 0 Å². The summed E-state index contributed by atoms with van der Waals surface area (Å²) in [6, 6.07) is 5.99. The molecule has 1 heterocycles. The number of amides is 2. The first-order valence-corrected chi connectivity index (χ1v) is 8.78. The second-order valence-corrected chi connectivity index (χ2v) is 6.43. The van der Waals surface area contributed by atoms with Crippen molar-refractivity contribution < 1.29 is 23.6 Å². The lowest BCUT2D eigenvalue weighted by Gasteiger charge is -2.15. The molecule has 0 saturated carbocycles. The lowest BCUT2D eigenvalue weighted by Crippen LogP contribution is -2.46. The van der Waals surface area contributed by atoms with E-state index in [4.69, 9.17) is 14.0 Å². The average molecular weight is 390 g/mol. The summed E-state index contributed by atoms with van der Waals surface area (Å²) >= 11 is 0. The normalized spacial score (nSPS) is 11.8. The number of rotatable bonds is 9. The van der Waals surface area contributed by atoms with Crippen LogP contribution in [0, 0.1) is 0 Å². The predicted molar refractivity (Wildman–Crippen MR) is 104 cm³/mol. The van der Waals surface area contributed by atoms with Gasteiger partial charge in [0.1, 0.15) is 17.5 Å². The first-order chi connectivity index (χ1) is 13.3. The van der Waals surface area contributed by atoms with E-state index in [-0.39, 0.29) is 11.6 Å². The molecule has 2 N–H and O–H groups in total. The summed E-state index contributed by atoms with van der Waals surface area (Å²) in [7, 11) is 6.91. The highest BCUT2D eigenvalue weighted by Gasteiger charge is 2.21. The van der Waals surface area contributed by atoms with Gasteiger partial charge in [0.25, 0.3) is 5.91 Å². The zero-order chi connectivity index (χ0) is 20.7. The number of nitrogens with zero attached hydrogens (tertiary/aromatic N) is 2. The van der Waals surface area contributed by atoms with Crippen molar-refractivity contribution in [2.24, 2.45) is 0 Å². The van der Waals surface area contributed by atoms with Crippen LogP contribution in [0.4, 0.5) is 0 Å². The molecule has 2 aromatic rings. The van der Waals surface area contributed by atoms with E-state index in [1.807, 2.05) is 19.0 Å². The first kappa shape index (κ1) is 21.2. The number of ether oxygens (including phenoxy) is 2. The Morgan fingerprint density at radius 3 is 2.61 bits per heavy atom. The maximum absolute atomic E-state index is 12.4. The zero-order valence-corrected chi connectivity index (χ0v) is 16.7. The molecule has 0 fully saturated rings. The average Bonchev–Trinajstić information content (AvgIpc) is 3.17. The molecule has 28 heavy (non-hydrogen) atoms. The van der Waals surface area contributed by atoms with Crippen molar-refractivity contribution in [1.82, 2.24) is 20.7 Å². The predicted octanol–water partition coefficient (Wildman–Crippen LogP) is 1.15. The van der Waals surface area contributed by atoms with Crippen molar-refractivity contribution >= 4 is 11.8 Å². The van der Waals surface area contributed by atoms with E-state index in [1.165, 1.54) is 13.2 Å². The number of carbonyl (C=O) groups is 2. The van der Waals surface area contributed by atoms with Crippen molar-refractivity contribution in [3.05, 3.63) is 30.0 Å². The highest BCUT2D eigenvalue weighted by molar-refractivity contribution is 5.96. The zero-order valence-electron chi connectivity index (χ0n) is 16.7. The van der Waals surface area contributed by atoms with Gasteiger partial charge in [0.2, 0.25) is 5.91 Å². The van der Waals surface area contributed by atoms with E-state index in [0.717, 1.165) is 0 Å². The van der Waals surface area contributed by atoms with Gasteiger partial charge < -0.3 is 29.5 Å². The lowest BCUT2D eigenvalue weighted by molar-refractivity contribution is -0.122. The molecule has 9 nitrogen and oxygen atoms in total. The van der Waals surface area contributed by atoms with Gasteiger partial charge in [-0.3, -0.25) is 9.59 Å². The van der Waals surface area contributed by atoms with E-state index in [2.05, 4.69) is 15.8 Å². The van der Waals surface area contributed by atoms with Crippen LogP contribution in [0.25, 0.3) is 11.3 Å². The van der Waals surface area contributed by atoms with Crippen LogP contribution in [0.3, 0.4) is 0 Å². The minimum Gasteiger partial charge on any atom is -0.497 e. The summed E-state index contributed by atoms with van der Waals surface area (Å²) < 4.78 is 15.8. The Morgan fingerprint density at radius 1 is 1.21 bits per heavy atom. The van der Waals surface area contributed by atoms with Gasteiger partial charge in [0, 0.05) is 19.2 Å². The molecule has 0 bridgehead atoms. The largest absolute Gasteiger partial charge is 0.497 e. The fourth-order valence-corrected chi connectivity index (χ4v) is 2.41. The molecule has 0 radical (unpaired) electrons. The Kier molecular flexibility index (Phi) is 7.39. The smallest absolute Gasteiger partial charge is 0.274 e. The number of carbonyl (C=O) groups excluding carboxylic acids is 2. The number of aromatic nitrogens is 1. The minimum absolute atomic E-state index is 0.0628. The van der Waals surface area contributed by atoms with E-state index in [9.17, 15) is 9.59 Å². The quantitative estimate of drug-likeness (QED) is 0.662. The highest BCUT2D eigenvalue weighted by Crippen LogP contribution is 2.33. The number of hydrogen-bond acceptors (Lipinski definition) is 7. The fraction of sp³-hybridized carbons (Fsp3) is 0.421. The monoisotopic (exact) mass is 390 g/mol. The number of likely N-dealkylation sites (N-methyl/N-ethyl adjacent to an activating group) is 1. The first-order valence-electron chi connectivity index (χ1n) is 8.78. The molecule has 0 saturated heterocycles. The summed E-state index contributed by atoms with van der Waals surface area (Å²) in [5.41, 5.74) is 0.663. The van der Waals surface area contributed by atoms with Crippen LogP contribution in [-0.4, -0.2) is 69.3 Å². The van der Waals surface area contributed by atoms with Crippen molar-refractivity contribution in [3.8, 4) is 22.8 Å². The Bertz CT molecular complexity index is 818. The van der Waals surface area contributed by atoms with Crippen LogP contribution in [0.1, 0.15) is 17.4 Å². The molecule has 2 rings (SSSR count). The molecule has 2 amide bonds.